The van der Waals surface area contributed by atoms with Crippen molar-refractivity contribution < 1.29 is 19.5 Å². The number of carbonyl (C=O) groups is 2. The minimum absolute atomic E-state index is 0.332. The lowest BCUT2D eigenvalue weighted by Gasteiger charge is -2.06. The molecule has 0 fully saturated rings. The standard InChI is InChI=1S/C12H10N2O4/c15-10(16)7-18-14-12(17)9-5-1-3-8-4-2-6-13-11(8)9/h1-6H,7H2,(H,14,17)(H,15,16). The topological polar surface area (TPSA) is 88.5 Å². The van der Waals surface area contributed by atoms with Crippen molar-refractivity contribution in [2.24, 2.45) is 0 Å². The quantitative estimate of drug-likeness (QED) is 0.785. The molecule has 2 aromatic rings. The van der Waals surface area contributed by atoms with Gasteiger partial charge in [-0.1, -0.05) is 18.2 Å². The van der Waals surface area contributed by atoms with Gasteiger partial charge in [-0.05, 0) is 12.1 Å². The summed E-state index contributed by atoms with van der Waals surface area (Å²) in [6.45, 7) is -0.593. The fourth-order valence-corrected chi connectivity index (χ4v) is 1.51. The molecule has 0 saturated carbocycles. The number of nitrogens with one attached hydrogen (secondary N) is 1. The number of amides is 1. The number of hydrogen-bond acceptors (Lipinski definition) is 4. The molecule has 0 aliphatic rings. The van der Waals surface area contributed by atoms with Crippen LogP contribution >= 0.6 is 0 Å². The van der Waals surface area contributed by atoms with E-state index in [0.29, 0.717) is 11.1 Å². The van der Waals surface area contributed by atoms with Gasteiger partial charge in [0.15, 0.2) is 6.61 Å². The molecular weight excluding hydrogens is 236 g/mol. The zero-order valence-corrected chi connectivity index (χ0v) is 9.29. The van der Waals surface area contributed by atoms with Crippen LogP contribution in [-0.2, 0) is 9.63 Å². The highest BCUT2D eigenvalue weighted by molar-refractivity contribution is 6.04. The van der Waals surface area contributed by atoms with E-state index in [1.165, 1.54) is 0 Å². The number of carboxylic acids is 1. The van der Waals surface area contributed by atoms with E-state index in [1.807, 2.05) is 12.1 Å². The number of carbonyl (C=O) groups excluding carboxylic acids is 1. The molecular formula is C12H10N2O4. The third-order valence-corrected chi connectivity index (χ3v) is 2.24. The van der Waals surface area contributed by atoms with E-state index in [9.17, 15) is 9.59 Å². The van der Waals surface area contributed by atoms with E-state index in [1.54, 1.807) is 24.4 Å². The molecule has 0 aliphatic heterocycles. The van der Waals surface area contributed by atoms with E-state index in [0.717, 1.165) is 5.39 Å². The third-order valence-electron chi connectivity index (χ3n) is 2.24. The van der Waals surface area contributed by atoms with Gasteiger partial charge in [-0.3, -0.25) is 14.6 Å². The molecule has 6 heteroatoms. The fourth-order valence-electron chi connectivity index (χ4n) is 1.51. The van der Waals surface area contributed by atoms with Crippen molar-refractivity contribution in [2.45, 2.75) is 0 Å². The van der Waals surface area contributed by atoms with Crippen molar-refractivity contribution in [3.8, 4) is 0 Å². The van der Waals surface area contributed by atoms with Crippen LogP contribution in [0.5, 0.6) is 0 Å². The number of aliphatic carboxylic acids is 1. The molecule has 0 saturated heterocycles. The molecule has 2 N–H and O–H groups in total. The highest BCUT2D eigenvalue weighted by atomic mass is 16.7. The maximum Gasteiger partial charge on any atom is 0.332 e. The highest BCUT2D eigenvalue weighted by Crippen LogP contribution is 2.15. The number of benzene rings is 1. The summed E-state index contributed by atoms with van der Waals surface area (Å²) in [6, 6.07) is 8.74. The summed E-state index contributed by atoms with van der Waals surface area (Å²) in [6.07, 6.45) is 1.58. The van der Waals surface area contributed by atoms with Gasteiger partial charge in [0.1, 0.15) is 0 Å². The molecule has 0 bridgehead atoms. The van der Waals surface area contributed by atoms with Crippen molar-refractivity contribution in [2.75, 3.05) is 6.61 Å². The number of hydrogen-bond donors (Lipinski definition) is 2. The normalized spacial score (nSPS) is 10.2. The largest absolute Gasteiger partial charge is 0.479 e. The average molecular weight is 246 g/mol. The number of para-hydroxylation sites is 1. The lowest BCUT2D eigenvalue weighted by atomic mass is 10.1. The number of carboxylic acid groups (broad SMARTS) is 1. The van der Waals surface area contributed by atoms with Crippen LogP contribution < -0.4 is 5.48 Å². The van der Waals surface area contributed by atoms with E-state index >= 15 is 0 Å². The minimum atomic E-state index is -1.16. The first kappa shape index (κ1) is 12.0. The molecule has 6 nitrogen and oxygen atoms in total. The number of hydroxylamine groups is 1. The molecule has 0 unspecified atom stereocenters. The summed E-state index contributed by atoms with van der Waals surface area (Å²) in [4.78, 5) is 30.7. The van der Waals surface area contributed by atoms with Gasteiger partial charge >= 0.3 is 5.97 Å². The monoisotopic (exact) mass is 246 g/mol. The van der Waals surface area contributed by atoms with Gasteiger partial charge in [0.2, 0.25) is 0 Å². The van der Waals surface area contributed by atoms with Gasteiger partial charge < -0.3 is 5.11 Å². The predicted molar refractivity (Wildman–Crippen MR) is 62.8 cm³/mol. The first-order valence-electron chi connectivity index (χ1n) is 5.16. The molecule has 0 radical (unpaired) electrons. The lowest BCUT2D eigenvalue weighted by Crippen LogP contribution is -2.26. The SMILES string of the molecule is O=C(O)CONC(=O)c1cccc2cccnc12. The Kier molecular flexibility index (Phi) is 3.49. The lowest BCUT2D eigenvalue weighted by molar-refractivity contribution is -0.144. The van der Waals surface area contributed by atoms with Crippen molar-refractivity contribution in [3.05, 3.63) is 42.1 Å². The Morgan fingerprint density at radius 3 is 2.83 bits per heavy atom. The molecule has 1 heterocycles. The van der Waals surface area contributed by atoms with Crippen LogP contribution in [0, 0.1) is 0 Å². The maximum atomic E-state index is 11.8. The molecule has 18 heavy (non-hydrogen) atoms. The Balaban J connectivity index is 2.20. The van der Waals surface area contributed by atoms with Crippen molar-refractivity contribution in [3.63, 3.8) is 0 Å². The summed E-state index contributed by atoms with van der Waals surface area (Å²) >= 11 is 0. The number of fused-ring (bicyclic) bond motifs is 1. The molecule has 1 aromatic heterocycles. The second-order valence-corrected chi connectivity index (χ2v) is 3.49. The highest BCUT2D eigenvalue weighted by Gasteiger charge is 2.11. The van der Waals surface area contributed by atoms with Crippen LogP contribution in [0.4, 0.5) is 0 Å². The van der Waals surface area contributed by atoms with Crippen LogP contribution in [0.15, 0.2) is 36.5 Å². The van der Waals surface area contributed by atoms with Gasteiger partial charge in [0.05, 0.1) is 11.1 Å². The van der Waals surface area contributed by atoms with Crippen LogP contribution in [0.25, 0.3) is 10.9 Å². The fraction of sp³-hybridized carbons (Fsp3) is 0.0833. The van der Waals surface area contributed by atoms with Crippen LogP contribution in [0.1, 0.15) is 10.4 Å². The summed E-state index contributed by atoms with van der Waals surface area (Å²) < 4.78 is 0. The van der Waals surface area contributed by atoms with Gasteiger partial charge in [-0.2, -0.15) is 0 Å². The molecule has 0 spiro atoms. The third kappa shape index (κ3) is 2.61. The Morgan fingerprint density at radius 2 is 2.06 bits per heavy atom. The molecule has 1 aromatic carbocycles. The Hall–Kier alpha value is -2.47. The molecule has 92 valence electrons. The Bertz CT molecular complexity index is 592. The van der Waals surface area contributed by atoms with Crippen LogP contribution in [0.2, 0.25) is 0 Å². The van der Waals surface area contributed by atoms with E-state index in [-0.39, 0.29) is 0 Å². The summed E-state index contributed by atoms with van der Waals surface area (Å²) in [7, 11) is 0. The molecule has 0 aliphatic carbocycles. The Labute approximate surface area is 102 Å². The van der Waals surface area contributed by atoms with Crippen molar-refractivity contribution in [1.29, 1.82) is 0 Å². The molecule has 2 rings (SSSR count). The van der Waals surface area contributed by atoms with E-state index in [4.69, 9.17) is 5.11 Å². The summed E-state index contributed by atoms with van der Waals surface area (Å²) in [5.41, 5.74) is 2.93. The maximum absolute atomic E-state index is 11.8. The molecule has 1 amide bonds. The second-order valence-electron chi connectivity index (χ2n) is 3.49. The summed E-state index contributed by atoms with van der Waals surface area (Å²) in [5.74, 6) is -1.69. The summed E-state index contributed by atoms with van der Waals surface area (Å²) in [5, 5.41) is 9.20. The van der Waals surface area contributed by atoms with E-state index in [2.05, 4.69) is 15.3 Å². The second kappa shape index (κ2) is 5.24. The zero-order valence-electron chi connectivity index (χ0n) is 9.29. The zero-order chi connectivity index (χ0) is 13.0. The van der Waals surface area contributed by atoms with Crippen LogP contribution in [0.3, 0.4) is 0 Å². The van der Waals surface area contributed by atoms with Crippen molar-refractivity contribution in [1.82, 2.24) is 10.5 Å². The molecule has 0 atom stereocenters. The Morgan fingerprint density at radius 1 is 1.28 bits per heavy atom. The first-order valence-corrected chi connectivity index (χ1v) is 5.16. The van der Waals surface area contributed by atoms with Gasteiger partial charge in [0.25, 0.3) is 5.91 Å². The average Bonchev–Trinajstić information content (AvgIpc) is 2.37. The van der Waals surface area contributed by atoms with Crippen LogP contribution in [-0.4, -0.2) is 28.6 Å². The number of pyridine rings is 1. The number of nitrogens with zero attached hydrogens (tertiary/aromatic N) is 1. The van der Waals surface area contributed by atoms with E-state index < -0.39 is 18.5 Å². The van der Waals surface area contributed by atoms with Gasteiger partial charge in [0, 0.05) is 11.6 Å². The van der Waals surface area contributed by atoms with Gasteiger partial charge in [-0.15, -0.1) is 0 Å². The minimum Gasteiger partial charge on any atom is -0.479 e. The van der Waals surface area contributed by atoms with Crippen molar-refractivity contribution >= 4 is 22.8 Å². The number of rotatable bonds is 4. The number of aromatic nitrogens is 1. The smallest absolute Gasteiger partial charge is 0.332 e. The first-order chi connectivity index (χ1) is 8.68. The predicted octanol–water partition coefficient (Wildman–Crippen LogP) is 0.981. The van der Waals surface area contributed by atoms with Gasteiger partial charge in [-0.25, -0.2) is 10.3 Å².